The molecule has 0 bridgehead atoms. The summed E-state index contributed by atoms with van der Waals surface area (Å²) in [4.78, 5) is 21.8. The predicted octanol–water partition coefficient (Wildman–Crippen LogP) is 5.42. The number of aromatic nitrogens is 4. The standard InChI is InChI=1S/C26H18BN6.Ir/c1-2-4-24-23(3-1)32(25-7-5-21(17-30-25)19-9-13-28-14-10-19)27-33(24)26-8-6-22(18-31-26)20-11-15-29-16-12-20;/h1-18H;. The van der Waals surface area contributed by atoms with Crippen LogP contribution < -0.4 is 9.62 Å². The van der Waals surface area contributed by atoms with Gasteiger partial charge in [-0.1, -0.05) is 12.1 Å². The molecule has 34 heavy (non-hydrogen) atoms. The molecule has 5 aromatic rings. The zero-order valence-corrected chi connectivity index (χ0v) is 20.4. The third kappa shape index (κ3) is 4.09. The minimum Gasteiger partial charge on any atom is -0.351 e. The molecule has 0 N–H and O–H groups in total. The first-order valence-electron chi connectivity index (χ1n) is 10.6. The minimum atomic E-state index is 0. The fourth-order valence-corrected chi connectivity index (χ4v) is 3.96. The van der Waals surface area contributed by atoms with E-state index in [1.165, 1.54) is 0 Å². The summed E-state index contributed by atoms with van der Waals surface area (Å²) in [6, 6.07) is 24.4. The van der Waals surface area contributed by atoms with Crippen molar-refractivity contribution < 1.29 is 20.1 Å². The molecular weight excluding hydrogens is 599 g/mol. The minimum absolute atomic E-state index is 0. The van der Waals surface area contributed by atoms with E-state index in [9.17, 15) is 0 Å². The van der Waals surface area contributed by atoms with Crippen LogP contribution in [0.4, 0.5) is 23.0 Å². The van der Waals surface area contributed by atoms with Crippen LogP contribution in [0.15, 0.2) is 110 Å². The summed E-state index contributed by atoms with van der Waals surface area (Å²) in [5, 5.41) is 0. The van der Waals surface area contributed by atoms with Crippen molar-refractivity contribution in [2.45, 2.75) is 0 Å². The Bertz CT molecular complexity index is 1270. The number of para-hydroxylation sites is 2. The van der Waals surface area contributed by atoms with Crippen LogP contribution in [-0.4, -0.2) is 27.5 Å². The van der Waals surface area contributed by atoms with Crippen LogP contribution in [0.1, 0.15) is 0 Å². The molecule has 0 spiro atoms. The van der Waals surface area contributed by atoms with E-state index < -0.39 is 0 Å². The Morgan fingerprint density at radius 1 is 0.500 bits per heavy atom. The molecule has 5 heterocycles. The van der Waals surface area contributed by atoms with Crippen LogP contribution in [0, 0.1) is 0 Å². The molecule has 1 aliphatic rings. The van der Waals surface area contributed by atoms with Crippen LogP contribution in [0.25, 0.3) is 22.3 Å². The van der Waals surface area contributed by atoms with Crippen LogP contribution in [0.5, 0.6) is 0 Å². The molecule has 8 heteroatoms. The molecule has 0 amide bonds. The second-order valence-electron chi connectivity index (χ2n) is 7.63. The first kappa shape index (κ1) is 22.0. The molecule has 4 aromatic heterocycles. The Balaban J connectivity index is 0.00000241. The topological polar surface area (TPSA) is 58.0 Å². The van der Waals surface area contributed by atoms with Crippen molar-refractivity contribution in [3.8, 4) is 22.3 Å². The first-order chi connectivity index (χ1) is 16.4. The van der Waals surface area contributed by atoms with Crippen molar-refractivity contribution in [1.82, 2.24) is 19.9 Å². The van der Waals surface area contributed by atoms with Crippen molar-refractivity contribution in [2.24, 2.45) is 0 Å². The van der Waals surface area contributed by atoms with Gasteiger partial charge in [-0.2, -0.15) is 0 Å². The Hall–Kier alpha value is -3.87. The van der Waals surface area contributed by atoms with Gasteiger partial charge in [-0.05, 0) is 71.8 Å². The second kappa shape index (κ2) is 9.55. The van der Waals surface area contributed by atoms with E-state index in [1.807, 2.05) is 68.5 Å². The molecule has 0 fully saturated rings. The average molecular weight is 618 g/mol. The van der Waals surface area contributed by atoms with Gasteiger partial charge < -0.3 is 9.62 Å². The van der Waals surface area contributed by atoms with E-state index in [1.54, 1.807) is 24.8 Å². The van der Waals surface area contributed by atoms with Crippen LogP contribution >= 0.6 is 0 Å². The second-order valence-corrected chi connectivity index (χ2v) is 7.63. The molecule has 1 aromatic carbocycles. The molecular formula is C26H18BIrN6. The van der Waals surface area contributed by atoms with Crippen LogP contribution in [-0.2, 0) is 20.1 Å². The zero-order valence-electron chi connectivity index (χ0n) is 18.0. The van der Waals surface area contributed by atoms with Gasteiger partial charge in [-0.15, -0.1) is 0 Å². The number of nitrogens with zero attached hydrogens (tertiary/aromatic N) is 6. The molecule has 0 aliphatic carbocycles. The van der Waals surface area contributed by atoms with Crippen molar-refractivity contribution >= 4 is 30.6 Å². The van der Waals surface area contributed by atoms with E-state index in [0.717, 1.165) is 45.3 Å². The zero-order chi connectivity index (χ0) is 22.0. The summed E-state index contributed by atoms with van der Waals surface area (Å²) in [7, 11) is 2.04. The third-order valence-electron chi connectivity index (χ3n) is 5.65. The van der Waals surface area contributed by atoms with E-state index in [-0.39, 0.29) is 20.1 Å². The molecule has 164 valence electrons. The maximum atomic E-state index is 4.74. The van der Waals surface area contributed by atoms with Crippen LogP contribution in [0.2, 0.25) is 0 Å². The average Bonchev–Trinajstić information content (AvgIpc) is 3.30. The molecule has 0 saturated carbocycles. The van der Waals surface area contributed by atoms with E-state index in [0.29, 0.717) is 0 Å². The molecule has 6 rings (SSSR count). The number of fused-ring (bicyclic) bond motifs is 1. The number of anilines is 4. The van der Waals surface area contributed by atoms with Gasteiger partial charge in [0, 0.05) is 68.4 Å². The summed E-state index contributed by atoms with van der Waals surface area (Å²) >= 11 is 0. The van der Waals surface area contributed by atoms with Gasteiger partial charge in [0.2, 0.25) is 0 Å². The number of rotatable bonds is 4. The molecule has 2 radical (unpaired) electrons. The fourth-order valence-electron chi connectivity index (χ4n) is 3.96. The molecule has 0 unspecified atom stereocenters. The Kier molecular flexibility index (Phi) is 6.17. The molecule has 6 nitrogen and oxygen atoms in total. The fraction of sp³-hybridized carbons (Fsp3) is 0. The SMILES string of the molecule is [B]1N(c2ccc(-c3ccncc3)cn2)c2ccccc2N1c1ccc(-c2ccncc2)cn1.[Ir]. The van der Waals surface area contributed by atoms with Gasteiger partial charge in [0.05, 0.1) is 11.4 Å². The van der Waals surface area contributed by atoms with Crippen molar-refractivity contribution in [3.05, 3.63) is 110 Å². The molecule has 0 saturated heterocycles. The maximum Gasteiger partial charge on any atom is 0.403 e. The number of benzene rings is 1. The Morgan fingerprint density at radius 2 is 0.941 bits per heavy atom. The van der Waals surface area contributed by atoms with Gasteiger partial charge in [0.25, 0.3) is 0 Å². The normalized spacial score (nSPS) is 12.0. The largest absolute Gasteiger partial charge is 0.403 e. The Labute approximate surface area is 212 Å². The Morgan fingerprint density at radius 3 is 1.32 bits per heavy atom. The first-order valence-corrected chi connectivity index (χ1v) is 10.6. The summed E-state index contributed by atoms with van der Waals surface area (Å²) < 4.78 is 0. The summed E-state index contributed by atoms with van der Waals surface area (Å²) in [5.74, 6) is 1.69. The van der Waals surface area contributed by atoms with E-state index in [4.69, 9.17) is 9.97 Å². The summed E-state index contributed by atoms with van der Waals surface area (Å²) in [6.45, 7) is 0. The number of hydrogen-bond acceptors (Lipinski definition) is 6. The summed E-state index contributed by atoms with van der Waals surface area (Å²) in [6.07, 6.45) is 10.9. The predicted molar refractivity (Wildman–Crippen MR) is 131 cm³/mol. The van der Waals surface area contributed by atoms with Gasteiger partial charge in [0.1, 0.15) is 11.6 Å². The monoisotopic (exact) mass is 618 g/mol. The van der Waals surface area contributed by atoms with Crippen molar-refractivity contribution in [3.63, 3.8) is 0 Å². The smallest absolute Gasteiger partial charge is 0.351 e. The van der Waals surface area contributed by atoms with Gasteiger partial charge in [-0.3, -0.25) is 9.97 Å². The van der Waals surface area contributed by atoms with Crippen LogP contribution in [0.3, 0.4) is 0 Å². The molecule has 0 atom stereocenters. The van der Waals surface area contributed by atoms with E-state index >= 15 is 0 Å². The van der Waals surface area contributed by atoms with Gasteiger partial charge in [-0.25, -0.2) is 9.97 Å². The molecule has 1 aliphatic heterocycles. The number of hydrogen-bond donors (Lipinski definition) is 0. The number of pyridine rings is 4. The third-order valence-corrected chi connectivity index (χ3v) is 5.65. The quantitative estimate of drug-likeness (QED) is 0.251. The van der Waals surface area contributed by atoms with E-state index in [2.05, 4.69) is 43.9 Å². The van der Waals surface area contributed by atoms with Gasteiger partial charge >= 0.3 is 7.55 Å². The van der Waals surface area contributed by atoms with Crippen molar-refractivity contribution in [2.75, 3.05) is 9.62 Å². The maximum absolute atomic E-state index is 4.74. The van der Waals surface area contributed by atoms with Gasteiger partial charge in [0.15, 0.2) is 0 Å². The summed E-state index contributed by atoms with van der Waals surface area (Å²) in [5.41, 5.74) is 6.41. The van der Waals surface area contributed by atoms with Crippen molar-refractivity contribution in [1.29, 1.82) is 0 Å².